The van der Waals surface area contributed by atoms with Gasteiger partial charge in [0.1, 0.15) is 24.1 Å². The van der Waals surface area contributed by atoms with Gasteiger partial charge in [0, 0.05) is 37.9 Å². The zero-order chi connectivity index (χ0) is 23.7. The molecule has 0 radical (unpaired) electrons. The smallest absolute Gasteiger partial charge is 0.407 e. The van der Waals surface area contributed by atoms with E-state index in [0.717, 1.165) is 12.0 Å². The number of imidazole rings is 1. The first-order valence-corrected chi connectivity index (χ1v) is 11.2. The van der Waals surface area contributed by atoms with Crippen molar-refractivity contribution in [2.24, 2.45) is 0 Å². The highest BCUT2D eigenvalue weighted by Gasteiger charge is 2.44. The second-order valence-corrected chi connectivity index (χ2v) is 8.40. The topological polar surface area (TPSA) is 122 Å². The number of likely N-dealkylation sites (tertiary alicyclic amines) is 1. The predicted molar refractivity (Wildman–Crippen MR) is 122 cm³/mol. The molecule has 1 aliphatic heterocycles. The van der Waals surface area contributed by atoms with Gasteiger partial charge in [-0.25, -0.2) is 24.7 Å². The van der Waals surface area contributed by atoms with Crippen LogP contribution in [0.15, 0.2) is 18.7 Å². The highest BCUT2D eigenvalue weighted by atomic mass is 16.5. The zero-order valence-corrected chi connectivity index (χ0v) is 19.6. The maximum atomic E-state index is 11.9. The van der Waals surface area contributed by atoms with Crippen molar-refractivity contribution in [1.82, 2.24) is 39.3 Å². The van der Waals surface area contributed by atoms with Crippen LogP contribution in [0.5, 0.6) is 5.88 Å². The molecule has 1 saturated heterocycles. The fourth-order valence-electron chi connectivity index (χ4n) is 4.68. The Labute approximate surface area is 192 Å². The molecule has 11 nitrogen and oxygen atoms in total. The maximum absolute atomic E-state index is 11.9. The van der Waals surface area contributed by atoms with E-state index in [4.69, 9.17) is 9.72 Å². The van der Waals surface area contributed by atoms with Crippen molar-refractivity contribution in [3.05, 3.63) is 24.5 Å². The summed E-state index contributed by atoms with van der Waals surface area (Å²) >= 11 is 0. The summed E-state index contributed by atoms with van der Waals surface area (Å²) in [6, 6.07) is -0.301. The van der Waals surface area contributed by atoms with Crippen LogP contribution in [0.4, 0.5) is 4.79 Å². The standard InChI is InChI=1S/C22H30N8O3/c1-6-15(28(4)5)18-16(8-9-30(18)22(31)32)33-21-17-20(25-12-26-21)29(7-2)19(27-17)14-10-23-13(3)24-11-14/h10-12,15-16,18H,6-9H2,1-5H3,(H,31,32). The number of carboxylic acid groups (broad SMARTS) is 1. The van der Waals surface area contributed by atoms with Gasteiger partial charge in [0.05, 0.1) is 11.6 Å². The summed E-state index contributed by atoms with van der Waals surface area (Å²) in [5.41, 5.74) is 1.98. The van der Waals surface area contributed by atoms with Crippen molar-refractivity contribution >= 4 is 17.3 Å². The number of likely N-dealkylation sites (N-methyl/N-ethyl adjacent to an activating group) is 1. The third-order valence-corrected chi connectivity index (χ3v) is 6.23. The first-order valence-electron chi connectivity index (χ1n) is 11.2. The van der Waals surface area contributed by atoms with Crippen molar-refractivity contribution in [2.75, 3.05) is 20.6 Å². The second-order valence-electron chi connectivity index (χ2n) is 8.40. The number of carbonyl (C=O) groups is 1. The second kappa shape index (κ2) is 9.26. The SMILES string of the molecule is CCC(C1C(Oc2ncnc3c2nc(-c2cnc(C)nc2)n3CC)CCN1C(=O)O)N(C)C. The first kappa shape index (κ1) is 22.8. The van der Waals surface area contributed by atoms with Crippen LogP contribution in [0.2, 0.25) is 0 Å². The monoisotopic (exact) mass is 454 g/mol. The van der Waals surface area contributed by atoms with Crippen molar-refractivity contribution in [1.29, 1.82) is 0 Å². The Hall–Kier alpha value is -3.34. The fraction of sp³-hybridized carbons (Fsp3) is 0.545. The van der Waals surface area contributed by atoms with Crippen LogP contribution in [-0.2, 0) is 6.54 Å². The molecular formula is C22H30N8O3. The van der Waals surface area contributed by atoms with E-state index in [0.29, 0.717) is 48.2 Å². The minimum Gasteiger partial charge on any atom is -0.470 e. The van der Waals surface area contributed by atoms with Gasteiger partial charge in [-0.3, -0.25) is 4.90 Å². The molecule has 4 rings (SSSR count). The van der Waals surface area contributed by atoms with Gasteiger partial charge in [0.2, 0.25) is 5.88 Å². The number of rotatable bonds is 7. The quantitative estimate of drug-likeness (QED) is 0.573. The van der Waals surface area contributed by atoms with Gasteiger partial charge >= 0.3 is 6.09 Å². The molecule has 33 heavy (non-hydrogen) atoms. The number of hydrogen-bond donors (Lipinski definition) is 1. The van der Waals surface area contributed by atoms with Gasteiger partial charge in [-0.05, 0) is 34.4 Å². The molecule has 1 fully saturated rings. The summed E-state index contributed by atoms with van der Waals surface area (Å²) in [4.78, 5) is 37.7. The van der Waals surface area contributed by atoms with Crippen LogP contribution >= 0.6 is 0 Å². The molecule has 0 saturated carbocycles. The molecule has 3 unspecified atom stereocenters. The molecule has 3 aromatic rings. The first-order chi connectivity index (χ1) is 15.8. The lowest BCUT2D eigenvalue weighted by Crippen LogP contribution is -2.53. The molecule has 176 valence electrons. The van der Waals surface area contributed by atoms with Crippen LogP contribution in [0.1, 0.15) is 32.5 Å². The molecule has 1 aliphatic rings. The number of ether oxygens (including phenoxy) is 1. The van der Waals surface area contributed by atoms with Crippen molar-refractivity contribution in [3.63, 3.8) is 0 Å². The highest BCUT2D eigenvalue weighted by Crippen LogP contribution is 2.32. The summed E-state index contributed by atoms with van der Waals surface area (Å²) < 4.78 is 8.37. The van der Waals surface area contributed by atoms with Crippen LogP contribution in [0.25, 0.3) is 22.6 Å². The molecule has 3 aromatic heterocycles. The Bertz CT molecular complexity index is 1130. The third-order valence-electron chi connectivity index (χ3n) is 6.23. The molecule has 1 N–H and O–H groups in total. The average Bonchev–Trinajstić information content (AvgIpc) is 3.37. The fourth-order valence-corrected chi connectivity index (χ4v) is 4.68. The summed E-state index contributed by atoms with van der Waals surface area (Å²) in [7, 11) is 3.93. The van der Waals surface area contributed by atoms with Gasteiger partial charge < -0.3 is 19.3 Å². The van der Waals surface area contributed by atoms with E-state index in [-0.39, 0.29) is 18.2 Å². The largest absolute Gasteiger partial charge is 0.470 e. The van der Waals surface area contributed by atoms with Gasteiger partial charge in [-0.2, -0.15) is 4.98 Å². The molecule has 0 bridgehead atoms. The van der Waals surface area contributed by atoms with Gasteiger partial charge in [-0.1, -0.05) is 6.92 Å². The van der Waals surface area contributed by atoms with Gasteiger partial charge in [-0.15, -0.1) is 0 Å². The molecule has 3 atom stereocenters. The Morgan fingerprint density at radius 3 is 2.58 bits per heavy atom. The summed E-state index contributed by atoms with van der Waals surface area (Å²) in [5, 5.41) is 9.78. The van der Waals surface area contributed by atoms with E-state index in [1.807, 2.05) is 32.5 Å². The summed E-state index contributed by atoms with van der Waals surface area (Å²) in [5.74, 6) is 1.73. The van der Waals surface area contributed by atoms with Crippen molar-refractivity contribution < 1.29 is 14.6 Å². The zero-order valence-electron chi connectivity index (χ0n) is 19.6. The Morgan fingerprint density at radius 1 is 1.24 bits per heavy atom. The number of aryl methyl sites for hydroxylation is 2. The van der Waals surface area contributed by atoms with Crippen LogP contribution in [-0.4, -0.2) is 89.3 Å². The molecule has 0 aliphatic carbocycles. The third kappa shape index (κ3) is 4.20. The van der Waals surface area contributed by atoms with E-state index in [2.05, 4.69) is 31.8 Å². The van der Waals surface area contributed by atoms with E-state index in [9.17, 15) is 9.90 Å². The lowest BCUT2D eigenvalue weighted by atomic mass is 9.99. The Kier molecular flexibility index (Phi) is 6.41. The summed E-state index contributed by atoms with van der Waals surface area (Å²) in [6.45, 7) is 6.97. The number of aromatic nitrogens is 6. The molecule has 1 amide bonds. The highest BCUT2D eigenvalue weighted by molar-refractivity contribution is 5.81. The number of fused-ring (bicyclic) bond motifs is 1. The molecule has 0 aromatic carbocycles. The minimum atomic E-state index is -0.934. The van der Waals surface area contributed by atoms with Gasteiger partial charge in [0.25, 0.3) is 0 Å². The van der Waals surface area contributed by atoms with Crippen LogP contribution < -0.4 is 4.74 Å². The lowest BCUT2D eigenvalue weighted by Gasteiger charge is -2.36. The average molecular weight is 455 g/mol. The Balaban J connectivity index is 1.74. The molecule has 4 heterocycles. The van der Waals surface area contributed by atoms with Gasteiger partial charge in [0.15, 0.2) is 11.2 Å². The number of amides is 1. The van der Waals surface area contributed by atoms with E-state index >= 15 is 0 Å². The molecule has 11 heteroatoms. The number of nitrogens with zero attached hydrogens (tertiary/aromatic N) is 8. The van der Waals surface area contributed by atoms with Crippen LogP contribution in [0.3, 0.4) is 0 Å². The lowest BCUT2D eigenvalue weighted by molar-refractivity contribution is 0.0632. The normalized spacial score (nSPS) is 19.4. The molecular weight excluding hydrogens is 424 g/mol. The number of hydrogen-bond acceptors (Lipinski definition) is 8. The van der Waals surface area contributed by atoms with E-state index in [1.54, 1.807) is 12.4 Å². The van der Waals surface area contributed by atoms with Crippen molar-refractivity contribution in [3.8, 4) is 17.3 Å². The maximum Gasteiger partial charge on any atom is 0.407 e. The van der Waals surface area contributed by atoms with Crippen LogP contribution in [0, 0.1) is 6.92 Å². The van der Waals surface area contributed by atoms with Crippen molar-refractivity contribution in [2.45, 2.75) is 58.3 Å². The van der Waals surface area contributed by atoms with E-state index < -0.39 is 6.09 Å². The van der Waals surface area contributed by atoms with E-state index in [1.165, 1.54) is 11.2 Å². The minimum absolute atomic E-state index is 0.0133. The molecule has 0 spiro atoms. The predicted octanol–water partition coefficient (Wildman–Crippen LogP) is 2.45. The Morgan fingerprint density at radius 2 is 1.97 bits per heavy atom. The summed E-state index contributed by atoms with van der Waals surface area (Å²) in [6.07, 6.45) is 5.04.